The Bertz CT molecular complexity index is 607. The summed E-state index contributed by atoms with van der Waals surface area (Å²) in [6.07, 6.45) is -8.27. The molecule has 0 spiro atoms. The molecule has 0 saturated carbocycles. The lowest BCUT2D eigenvalue weighted by Crippen LogP contribution is -2.20. The van der Waals surface area contributed by atoms with Crippen molar-refractivity contribution in [1.82, 2.24) is 4.98 Å². The molecule has 0 aliphatic carbocycles. The highest BCUT2D eigenvalue weighted by atomic mass is 79.9. The fourth-order valence-electron chi connectivity index (χ4n) is 1.29. The number of ether oxygens (including phenoxy) is 1. The molecule has 1 aromatic heterocycles. The molecule has 0 bridgehead atoms. The van der Waals surface area contributed by atoms with Crippen molar-refractivity contribution in [3.05, 3.63) is 17.3 Å². The summed E-state index contributed by atoms with van der Waals surface area (Å²) in [5.41, 5.74) is -1.94. The number of alkyl halides is 6. The van der Waals surface area contributed by atoms with Crippen molar-refractivity contribution in [2.75, 3.05) is 0 Å². The first kappa shape index (κ1) is 17.4. The fourth-order valence-corrected chi connectivity index (χ4v) is 3.13. The summed E-state index contributed by atoms with van der Waals surface area (Å²) >= 11 is 2.71. The third-order valence-corrected chi connectivity index (χ3v) is 3.92. The largest absolute Gasteiger partial charge is 0.574 e. The van der Waals surface area contributed by atoms with Crippen molar-refractivity contribution in [1.29, 1.82) is 0 Å². The molecular formula is C8H4BrClF5NO3S. The molecule has 0 aliphatic heterocycles. The van der Waals surface area contributed by atoms with Crippen molar-refractivity contribution in [2.45, 2.75) is 23.0 Å². The number of rotatable bonds is 4. The average Bonchev–Trinajstić information content (AvgIpc) is 2.23. The standard InChI is InChI=1S/C8H4BrClF5NO3S/c9-1-3-4(20(10,17)18)2-16-7(5(3)6(11)12)19-8(13,14)15/h2,6H,1H2. The van der Waals surface area contributed by atoms with Gasteiger partial charge in [0.1, 0.15) is 4.90 Å². The van der Waals surface area contributed by atoms with Gasteiger partial charge in [0.25, 0.3) is 15.5 Å². The molecule has 1 aromatic rings. The molecule has 0 atom stereocenters. The summed E-state index contributed by atoms with van der Waals surface area (Å²) in [7, 11) is 0.556. The second kappa shape index (κ2) is 5.98. The van der Waals surface area contributed by atoms with Crippen LogP contribution in [-0.4, -0.2) is 19.8 Å². The van der Waals surface area contributed by atoms with Crippen LogP contribution in [0.2, 0.25) is 0 Å². The first-order chi connectivity index (χ1) is 8.97. The molecule has 1 heterocycles. The third-order valence-electron chi connectivity index (χ3n) is 1.98. The van der Waals surface area contributed by atoms with Crippen LogP contribution in [0.15, 0.2) is 11.1 Å². The van der Waals surface area contributed by atoms with Gasteiger partial charge in [0.2, 0.25) is 5.88 Å². The highest BCUT2D eigenvalue weighted by molar-refractivity contribution is 9.08. The van der Waals surface area contributed by atoms with Crippen molar-refractivity contribution >= 4 is 35.7 Å². The van der Waals surface area contributed by atoms with Crippen LogP contribution < -0.4 is 4.74 Å². The molecular weight excluding hydrogens is 401 g/mol. The van der Waals surface area contributed by atoms with Crippen molar-refractivity contribution in [3.8, 4) is 5.88 Å². The summed E-state index contributed by atoms with van der Waals surface area (Å²) < 4.78 is 87.7. The highest BCUT2D eigenvalue weighted by Gasteiger charge is 2.36. The number of halogens is 7. The Labute approximate surface area is 122 Å². The Morgan fingerprint density at radius 2 is 1.95 bits per heavy atom. The zero-order valence-corrected chi connectivity index (χ0v) is 12.2. The van der Waals surface area contributed by atoms with Gasteiger partial charge in [0.05, 0.1) is 11.8 Å². The van der Waals surface area contributed by atoms with Crippen LogP contribution in [0, 0.1) is 0 Å². The molecule has 0 radical (unpaired) electrons. The molecule has 4 nitrogen and oxygen atoms in total. The van der Waals surface area contributed by atoms with Crippen LogP contribution in [0.3, 0.4) is 0 Å². The summed E-state index contributed by atoms with van der Waals surface area (Å²) in [5, 5.41) is -0.481. The predicted molar refractivity (Wildman–Crippen MR) is 61.5 cm³/mol. The molecule has 0 amide bonds. The topological polar surface area (TPSA) is 56.3 Å². The van der Waals surface area contributed by atoms with Crippen molar-refractivity contribution in [3.63, 3.8) is 0 Å². The van der Waals surface area contributed by atoms with E-state index in [2.05, 4.69) is 25.7 Å². The summed E-state index contributed by atoms with van der Waals surface area (Å²) in [4.78, 5) is 2.14. The third kappa shape index (κ3) is 4.16. The molecule has 0 aliphatic rings. The number of pyridine rings is 1. The lowest BCUT2D eigenvalue weighted by Gasteiger charge is -2.16. The Hall–Kier alpha value is -0.680. The number of hydrogen-bond acceptors (Lipinski definition) is 4. The number of nitrogens with zero attached hydrogens (tertiary/aromatic N) is 1. The van der Waals surface area contributed by atoms with Crippen LogP contribution in [-0.2, 0) is 14.4 Å². The smallest absolute Gasteiger partial charge is 0.387 e. The van der Waals surface area contributed by atoms with E-state index in [9.17, 15) is 30.4 Å². The normalized spacial score (nSPS) is 12.8. The monoisotopic (exact) mass is 403 g/mol. The van der Waals surface area contributed by atoms with E-state index < -0.39 is 49.1 Å². The molecule has 12 heteroatoms. The predicted octanol–water partition coefficient (Wildman–Crippen LogP) is 3.74. The maximum atomic E-state index is 12.9. The van der Waals surface area contributed by atoms with E-state index in [0.29, 0.717) is 6.20 Å². The first-order valence-corrected chi connectivity index (χ1v) is 7.96. The number of hydrogen-bond donors (Lipinski definition) is 0. The fraction of sp³-hybridized carbons (Fsp3) is 0.375. The minimum Gasteiger partial charge on any atom is -0.387 e. The van der Waals surface area contributed by atoms with Crippen LogP contribution in [0.5, 0.6) is 5.88 Å². The summed E-state index contributed by atoms with van der Waals surface area (Å²) in [6.45, 7) is 0. The van der Waals surface area contributed by atoms with Gasteiger partial charge in [-0.15, -0.1) is 13.2 Å². The van der Waals surface area contributed by atoms with Gasteiger partial charge in [0.15, 0.2) is 0 Å². The minimum absolute atomic E-state index is 0.422. The van der Waals surface area contributed by atoms with Crippen molar-refractivity contribution < 1.29 is 35.1 Å². The molecule has 1 rings (SSSR count). The van der Waals surface area contributed by atoms with Gasteiger partial charge < -0.3 is 4.74 Å². The zero-order chi connectivity index (χ0) is 15.7. The first-order valence-electron chi connectivity index (χ1n) is 4.53. The SMILES string of the molecule is O=S(=O)(Cl)c1cnc(OC(F)(F)F)c(C(F)F)c1CBr. The van der Waals surface area contributed by atoms with Gasteiger partial charge in [-0.25, -0.2) is 22.2 Å². The van der Waals surface area contributed by atoms with E-state index in [4.69, 9.17) is 10.7 Å². The van der Waals surface area contributed by atoms with E-state index in [1.54, 1.807) is 0 Å². The maximum Gasteiger partial charge on any atom is 0.574 e. The van der Waals surface area contributed by atoms with E-state index >= 15 is 0 Å². The Morgan fingerprint density at radius 3 is 2.30 bits per heavy atom. The molecule has 0 saturated heterocycles. The quantitative estimate of drug-likeness (QED) is 0.436. The van der Waals surface area contributed by atoms with Crippen LogP contribution in [0.4, 0.5) is 22.0 Å². The summed E-state index contributed by atoms with van der Waals surface area (Å²) in [6, 6.07) is 0. The lowest BCUT2D eigenvalue weighted by molar-refractivity contribution is -0.276. The highest BCUT2D eigenvalue weighted by Crippen LogP contribution is 2.38. The Kier molecular flexibility index (Phi) is 5.19. The molecule has 0 N–H and O–H groups in total. The van der Waals surface area contributed by atoms with E-state index in [-0.39, 0.29) is 0 Å². The van der Waals surface area contributed by atoms with Crippen LogP contribution in [0.1, 0.15) is 17.6 Å². The lowest BCUT2D eigenvalue weighted by atomic mass is 10.1. The minimum atomic E-state index is -5.25. The molecule has 0 unspecified atom stereocenters. The second-order valence-corrected chi connectivity index (χ2v) is 6.33. The van der Waals surface area contributed by atoms with Crippen LogP contribution in [0.25, 0.3) is 0 Å². The van der Waals surface area contributed by atoms with Gasteiger partial charge in [-0.05, 0) is 5.56 Å². The van der Waals surface area contributed by atoms with Gasteiger partial charge in [-0.2, -0.15) is 0 Å². The van der Waals surface area contributed by atoms with E-state index in [0.717, 1.165) is 0 Å². The van der Waals surface area contributed by atoms with Gasteiger partial charge in [-0.3, -0.25) is 0 Å². The number of aromatic nitrogens is 1. The molecule has 0 fully saturated rings. The maximum absolute atomic E-state index is 12.9. The van der Waals surface area contributed by atoms with E-state index in [1.165, 1.54) is 0 Å². The van der Waals surface area contributed by atoms with Gasteiger partial charge in [0, 0.05) is 16.0 Å². The summed E-state index contributed by atoms with van der Waals surface area (Å²) in [5.74, 6) is -1.42. The van der Waals surface area contributed by atoms with Gasteiger partial charge >= 0.3 is 6.36 Å². The molecule has 114 valence electrons. The molecule has 20 heavy (non-hydrogen) atoms. The Balaban J connectivity index is 3.59. The van der Waals surface area contributed by atoms with Crippen LogP contribution >= 0.6 is 26.6 Å². The molecule has 0 aromatic carbocycles. The van der Waals surface area contributed by atoms with Gasteiger partial charge in [-0.1, -0.05) is 15.9 Å². The second-order valence-electron chi connectivity index (χ2n) is 3.24. The van der Waals surface area contributed by atoms with Crippen molar-refractivity contribution in [2.24, 2.45) is 0 Å². The zero-order valence-electron chi connectivity index (χ0n) is 9.09. The average molecular weight is 405 g/mol. The Morgan fingerprint density at radius 1 is 1.40 bits per heavy atom. The van der Waals surface area contributed by atoms with E-state index in [1.807, 2.05) is 0 Å².